The van der Waals surface area contributed by atoms with Crippen LogP contribution >= 0.6 is 0 Å². The van der Waals surface area contributed by atoms with Crippen molar-refractivity contribution >= 4 is 5.69 Å². The van der Waals surface area contributed by atoms with Crippen molar-refractivity contribution in [2.75, 3.05) is 18.0 Å². The number of aryl methyl sites for hydroxylation is 1. The van der Waals surface area contributed by atoms with Crippen LogP contribution in [0.25, 0.3) is 0 Å². The molecule has 0 radical (unpaired) electrons. The summed E-state index contributed by atoms with van der Waals surface area (Å²) in [5, 5.41) is 3.95. The van der Waals surface area contributed by atoms with E-state index in [2.05, 4.69) is 55.3 Å². The van der Waals surface area contributed by atoms with Gasteiger partial charge in [-0.3, -0.25) is 0 Å². The number of nitrogens with zero attached hydrogens (tertiary/aromatic N) is 1. The van der Waals surface area contributed by atoms with Gasteiger partial charge in [-0.1, -0.05) is 31.0 Å². The second-order valence-electron chi connectivity index (χ2n) is 7.14. The molecule has 2 fully saturated rings. The third-order valence-electron chi connectivity index (χ3n) is 4.70. The Morgan fingerprint density at radius 1 is 1.05 bits per heavy atom. The van der Waals surface area contributed by atoms with E-state index in [4.69, 9.17) is 0 Å². The molecule has 1 saturated carbocycles. The van der Waals surface area contributed by atoms with Crippen molar-refractivity contribution in [2.45, 2.75) is 57.5 Å². The van der Waals surface area contributed by atoms with E-state index in [1.165, 1.54) is 43.5 Å². The Balaban J connectivity index is 1.91. The molecular weight excluding hydrogens is 232 g/mol. The van der Waals surface area contributed by atoms with Gasteiger partial charge in [-0.05, 0) is 45.2 Å². The quantitative estimate of drug-likeness (QED) is 0.829. The molecule has 1 aromatic carbocycles. The summed E-state index contributed by atoms with van der Waals surface area (Å²) in [7, 11) is 0. The molecule has 2 aliphatic rings. The standard InChI is InChI=1S/C17H26N2/c1-14-8-4-5-9-15(14)19-12-16(2,3)18-17(13-19)10-6-7-11-17/h4-5,8-9,18H,6-7,10-13H2,1-3H3. The maximum atomic E-state index is 3.95. The van der Waals surface area contributed by atoms with Crippen molar-refractivity contribution in [1.82, 2.24) is 5.32 Å². The first-order valence-corrected chi connectivity index (χ1v) is 7.60. The van der Waals surface area contributed by atoms with Gasteiger partial charge >= 0.3 is 0 Å². The fourth-order valence-corrected chi connectivity index (χ4v) is 4.12. The molecular formula is C17H26N2. The number of hydrogen-bond donors (Lipinski definition) is 1. The molecule has 1 aliphatic heterocycles. The molecule has 1 heterocycles. The molecule has 3 rings (SSSR count). The van der Waals surface area contributed by atoms with E-state index in [1.54, 1.807) is 0 Å². The van der Waals surface area contributed by atoms with E-state index < -0.39 is 0 Å². The van der Waals surface area contributed by atoms with Crippen LogP contribution in [-0.2, 0) is 0 Å². The number of para-hydroxylation sites is 1. The van der Waals surface area contributed by atoms with E-state index in [0.29, 0.717) is 5.54 Å². The molecule has 0 amide bonds. The average Bonchev–Trinajstić information content (AvgIpc) is 2.75. The Morgan fingerprint density at radius 2 is 1.74 bits per heavy atom. The van der Waals surface area contributed by atoms with E-state index in [9.17, 15) is 0 Å². The summed E-state index contributed by atoms with van der Waals surface area (Å²) in [5.41, 5.74) is 3.37. The van der Waals surface area contributed by atoms with E-state index >= 15 is 0 Å². The summed E-state index contributed by atoms with van der Waals surface area (Å²) in [6.07, 6.45) is 5.42. The maximum Gasteiger partial charge on any atom is 0.0397 e. The van der Waals surface area contributed by atoms with Crippen LogP contribution in [0.5, 0.6) is 0 Å². The van der Waals surface area contributed by atoms with E-state index in [-0.39, 0.29) is 5.54 Å². The van der Waals surface area contributed by atoms with Crippen molar-refractivity contribution in [3.8, 4) is 0 Å². The fraction of sp³-hybridized carbons (Fsp3) is 0.647. The van der Waals surface area contributed by atoms with Gasteiger partial charge in [-0.15, -0.1) is 0 Å². The SMILES string of the molecule is Cc1ccccc1N1CC(C)(C)NC2(CCCC2)C1. The topological polar surface area (TPSA) is 15.3 Å². The highest BCUT2D eigenvalue weighted by Gasteiger charge is 2.44. The Kier molecular flexibility index (Phi) is 3.09. The molecule has 0 bridgehead atoms. The molecule has 0 aromatic heterocycles. The Hall–Kier alpha value is -1.02. The van der Waals surface area contributed by atoms with Crippen LogP contribution in [0, 0.1) is 6.92 Å². The van der Waals surface area contributed by atoms with Gasteiger partial charge in [0.1, 0.15) is 0 Å². The van der Waals surface area contributed by atoms with Crippen LogP contribution in [-0.4, -0.2) is 24.2 Å². The predicted octanol–water partition coefficient (Wildman–Crippen LogP) is 3.50. The van der Waals surface area contributed by atoms with Gasteiger partial charge in [0.2, 0.25) is 0 Å². The molecule has 104 valence electrons. The molecule has 2 heteroatoms. The first-order valence-electron chi connectivity index (χ1n) is 7.60. The number of nitrogens with one attached hydrogen (secondary N) is 1. The van der Waals surface area contributed by atoms with E-state index in [1.807, 2.05) is 0 Å². The summed E-state index contributed by atoms with van der Waals surface area (Å²) < 4.78 is 0. The van der Waals surface area contributed by atoms with Gasteiger partial charge in [0.05, 0.1) is 0 Å². The molecule has 0 atom stereocenters. The number of piperazine rings is 1. The highest BCUT2D eigenvalue weighted by atomic mass is 15.3. The summed E-state index contributed by atoms with van der Waals surface area (Å²) in [5.74, 6) is 0. The second-order valence-corrected chi connectivity index (χ2v) is 7.14. The highest BCUT2D eigenvalue weighted by molar-refractivity contribution is 5.54. The first-order chi connectivity index (χ1) is 9.00. The smallest absolute Gasteiger partial charge is 0.0397 e. The third kappa shape index (κ3) is 2.51. The minimum absolute atomic E-state index is 0.199. The van der Waals surface area contributed by atoms with Gasteiger partial charge in [-0.2, -0.15) is 0 Å². The summed E-state index contributed by atoms with van der Waals surface area (Å²) in [4.78, 5) is 2.61. The van der Waals surface area contributed by atoms with Crippen molar-refractivity contribution < 1.29 is 0 Å². The molecule has 0 unspecified atom stereocenters. The van der Waals surface area contributed by atoms with Crippen molar-refractivity contribution in [2.24, 2.45) is 0 Å². The fourth-order valence-electron chi connectivity index (χ4n) is 4.12. The molecule has 1 spiro atoms. The minimum Gasteiger partial charge on any atom is -0.368 e. The molecule has 1 N–H and O–H groups in total. The molecule has 1 aromatic rings. The Morgan fingerprint density at radius 3 is 2.42 bits per heavy atom. The number of anilines is 1. The normalized spacial score (nSPS) is 24.9. The number of hydrogen-bond acceptors (Lipinski definition) is 2. The monoisotopic (exact) mass is 258 g/mol. The second kappa shape index (κ2) is 4.52. The van der Waals surface area contributed by atoms with E-state index in [0.717, 1.165) is 6.54 Å². The van der Waals surface area contributed by atoms with Crippen LogP contribution in [0.1, 0.15) is 45.1 Å². The number of benzene rings is 1. The number of rotatable bonds is 1. The largest absolute Gasteiger partial charge is 0.368 e. The Bertz CT molecular complexity index is 458. The maximum absolute atomic E-state index is 3.95. The van der Waals surface area contributed by atoms with Crippen LogP contribution in [0.4, 0.5) is 5.69 Å². The Labute approximate surface area is 117 Å². The first kappa shape index (κ1) is 13.0. The van der Waals surface area contributed by atoms with Gasteiger partial charge in [0.25, 0.3) is 0 Å². The van der Waals surface area contributed by atoms with Crippen molar-refractivity contribution in [3.63, 3.8) is 0 Å². The van der Waals surface area contributed by atoms with Gasteiger partial charge in [0.15, 0.2) is 0 Å². The van der Waals surface area contributed by atoms with Gasteiger partial charge in [0, 0.05) is 29.9 Å². The minimum atomic E-state index is 0.199. The van der Waals surface area contributed by atoms with Crippen LogP contribution in [0.15, 0.2) is 24.3 Å². The predicted molar refractivity (Wildman–Crippen MR) is 81.8 cm³/mol. The van der Waals surface area contributed by atoms with Crippen LogP contribution in [0.3, 0.4) is 0 Å². The van der Waals surface area contributed by atoms with Gasteiger partial charge in [-0.25, -0.2) is 0 Å². The highest BCUT2D eigenvalue weighted by Crippen LogP contribution is 2.37. The molecule has 1 saturated heterocycles. The summed E-state index contributed by atoms with van der Waals surface area (Å²) in [6.45, 7) is 9.18. The van der Waals surface area contributed by atoms with Crippen LogP contribution < -0.4 is 10.2 Å². The van der Waals surface area contributed by atoms with Gasteiger partial charge < -0.3 is 10.2 Å². The zero-order valence-electron chi connectivity index (χ0n) is 12.5. The molecule has 19 heavy (non-hydrogen) atoms. The van der Waals surface area contributed by atoms with Crippen molar-refractivity contribution in [1.29, 1.82) is 0 Å². The lowest BCUT2D eigenvalue weighted by atomic mass is 9.86. The third-order valence-corrected chi connectivity index (χ3v) is 4.70. The average molecular weight is 258 g/mol. The zero-order valence-corrected chi connectivity index (χ0v) is 12.5. The lowest BCUT2D eigenvalue weighted by Gasteiger charge is -2.51. The summed E-state index contributed by atoms with van der Waals surface area (Å²) >= 11 is 0. The molecule has 1 aliphatic carbocycles. The van der Waals surface area contributed by atoms with Crippen molar-refractivity contribution in [3.05, 3.63) is 29.8 Å². The molecule has 2 nitrogen and oxygen atoms in total. The lowest BCUT2D eigenvalue weighted by molar-refractivity contribution is 0.197. The van der Waals surface area contributed by atoms with Crippen LogP contribution in [0.2, 0.25) is 0 Å². The zero-order chi connectivity index (χ0) is 13.5. The summed E-state index contributed by atoms with van der Waals surface area (Å²) in [6, 6.07) is 8.81. The lowest BCUT2D eigenvalue weighted by Crippen LogP contribution is -2.68.